The molecule has 2 fully saturated rings. The van der Waals surface area contributed by atoms with Crippen LogP contribution in [0.5, 0.6) is 11.5 Å². The molecule has 36 heavy (non-hydrogen) atoms. The van der Waals surface area contributed by atoms with Gasteiger partial charge < -0.3 is 18.9 Å². The van der Waals surface area contributed by atoms with Gasteiger partial charge in [0, 0.05) is 42.9 Å². The van der Waals surface area contributed by atoms with Crippen LogP contribution in [0.3, 0.4) is 0 Å². The highest BCUT2D eigenvalue weighted by Gasteiger charge is 2.32. The third kappa shape index (κ3) is 6.09. The lowest BCUT2D eigenvalue weighted by atomic mass is 10.0. The molecule has 3 aliphatic rings. The number of benzene rings is 2. The van der Waals surface area contributed by atoms with Crippen molar-refractivity contribution in [2.45, 2.75) is 25.7 Å². The Hall–Kier alpha value is -2.45. The van der Waals surface area contributed by atoms with Gasteiger partial charge in [0.2, 0.25) is 0 Å². The number of hydrogen-bond acceptors (Lipinski definition) is 7. The molecule has 0 bridgehead atoms. The molecular weight excluding hydrogens is 456 g/mol. The van der Waals surface area contributed by atoms with Gasteiger partial charge in [-0.25, -0.2) is 0 Å². The van der Waals surface area contributed by atoms with E-state index < -0.39 is 0 Å². The van der Waals surface area contributed by atoms with Crippen LogP contribution in [0, 0.1) is 0 Å². The van der Waals surface area contributed by atoms with Crippen molar-refractivity contribution in [3.63, 3.8) is 0 Å². The van der Waals surface area contributed by atoms with Gasteiger partial charge in [0.15, 0.2) is 5.78 Å². The second-order valence-electron chi connectivity index (χ2n) is 9.71. The summed E-state index contributed by atoms with van der Waals surface area (Å²) in [6, 6.07) is 11.7. The molecule has 2 aromatic carbocycles. The number of fused-ring (bicyclic) bond motifs is 3. The zero-order valence-electron chi connectivity index (χ0n) is 21.2. The van der Waals surface area contributed by atoms with Gasteiger partial charge in [0.25, 0.3) is 0 Å². The molecule has 7 nitrogen and oxygen atoms in total. The largest absolute Gasteiger partial charge is 0.493 e. The predicted octanol–water partition coefficient (Wildman–Crippen LogP) is 3.88. The van der Waals surface area contributed by atoms with Crippen LogP contribution in [0.25, 0.3) is 11.1 Å². The van der Waals surface area contributed by atoms with Gasteiger partial charge in [-0.3, -0.25) is 14.6 Å². The highest BCUT2D eigenvalue weighted by atomic mass is 16.5. The molecule has 0 atom stereocenters. The minimum atomic E-state index is 0.0293. The van der Waals surface area contributed by atoms with E-state index in [1.807, 2.05) is 36.4 Å². The Morgan fingerprint density at radius 1 is 0.639 bits per heavy atom. The van der Waals surface area contributed by atoms with Gasteiger partial charge >= 0.3 is 0 Å². The Balaban J connectivity index is 1.15. The number of hydrogen-bond donors (Lipinski definition) is 0. The summed E-state index contributed by atoms with van der Waals surface area (Å²) in [4.78, 5) is 18.2. The molecule has 0 spiro atoms. The molecule has 2 aromatic rings. The summed E-state index contributed by atoms with van der Waals surface area (Å²) in [7, 11) is 0. The molecule has 1 aliphatic carbocycles. The molecule has 0 aromatic heterocycles. The number of morpholine rings is 2. The second-order valence-corrected chi connectivity index (χ2v) is 9.71. The Morgan fingerprint density at radius 2 is 1.14 bits per heavy atom. The molecule has 0 unspecified atom stereocenters. The summed E-state index contributed by atoms with van der Waals surface area (Å²) in [6.07, 6.45) is 4.11. The zero-order chi connectivity index (χ0) is 24.6. The lowest BCUT2D eigenvalue weighted by Gasteiger charge is -2.26. The third-order valence-electron chi connectivity index (χ3n) is 7.25. The smallest absolute Gasteiger partial charge is 0.198 e. The molecule has 194 valence electrons. The van der Waals surface area contributed by atoms with Gasteiger partial charge in [0.1, 0.15) is 11.5 Å². The maximum atomic E-state index is 13.3. The maximum absolute atomic E-state index is 13.3. The Bertz CT molecular complexity index is 1010. The van der Waals surface area contributed by atoms with Gasteiger partial charge in [-0.15, -0.1) is 0 Å². The van der Waals surface area contributed by atoms with Crippen molar-refractivity contribution in [1.29, 1.82) is 0 Å². The number of carbonyl (C=O) groups is 1. The van der Waals surface area contributed by atoms with E-state index in [-0.39, 0.29) is 5.78 Å². The fourth-order valence-corrected chi connectivity index (χ4v) is 5.24. The number of unbranched alkanes of at least 4 members (excludes halogenated alkanes) is 2. The first-order chi connectivity index (χ1) is 17.8. The van der Waals surface area contributed by atoms with Crippen LogP contribution >= 0.6 is 0 Å². The van der Waals surface area contributed by atoms with Crippen LogP contribution in [-0.2, 0) is 9.47 Å². The molecule has 7 heteroatoms. The first-order valence-electron chi connectivity index (χ1n) is 13.5. The molecule has 0 N–H and O–H groups in total. The van der Waals surface area contributed by atoms with Gasteiger partial charge in [-0.2, -0.15) is 0 Å². The lowest BCUT2D eigenvalue weighted by Crippen LogP contribution is -2.36. The zero-order valence-corrected chi connectivity index (χ0v) is 21.2. The van der Waals surface area contributed by atoms with Crippen LogP contribution in [0.2, 0.25) is 0 Å². The summed E-state index contributed by atoms with van der Waals surface area (Å²) in [5.74, 6) is 1.49. The maximum Gasteiger partial charge on any atom is 0.198 e. The van der Waals surface area contributed by atoms with E-state index in [4.69, 9.17) is 18.9 Å². The van der Waals surface area contributed by atoms with Crippen LogP contribution in [-0.4, -0.2) is 94.5 Å². The summed E-state index contributed by atoms with van der Waals surface area (Å²) >= 11 is 0. The topological polar surface area (TPSA) is 60.5 Å². The van der Waals surface area contributed by atoms with Crippen LogP contribution in [0.15, 0.2) is 36.4 Å². The second kappa shape index (κ2) is 12.7. The van der Waals surface area contributed by atoms with E-state index in [2.05, 4.69) is 9.80 Å². The van der Waals surface area contributed by atoms with Crippen molar-refractivity contribution in [3.05, 3.63) is 47.5 Å². The number of rotatable bonds is 12. The summed E-state index contributed by atoms with van der Waals surface area (Å²) in [5, 5.41) is 0. The number of nitrogens with zero attached hydrogens (tertiary/aromatic N) is 2. The van der Waals surface area contributed by atoms with Gasteiger partial charge in [-0.05, 0) is 50.9 Å². The van der Waals surface area contributed by atoms with Gasteiger partial charge in [0.05, 0.1) is 45.2 Å². The predicted molar refractivity (Wildman–Crippen MR) is 139 cm³/mol. The molecular formula is C29H38N2O5. The minimum Gasteiger partial charge on any atom is -0.493 e. The summed E-state index contributed by atoms with van der Waals surface area (Å²) in [6.45, 7) is 10.8. The summed E-state index contributed by atoms with van der Waals surface area (Å²) < 4.78 is 23.2. The first kappa shape index (κ1) is 25.2. The number of ether oxygens (including phenoxy) is 4. The SMILES string of the molecule is O=C1c2cccc(OCCCCN3CCOCC3)c2-c2cccc(OCCCCN3CCOCC3)c21. The molecule has 0 amide bonds. The summed E-state index contributed by atoms with van der Waals surface area (Å²) in [5.41, 5.74) is 3.21. The van der Waals surface area contributed by atoms with Crippen molar-refractivity contribution in [1.82, 2.24) is 9.80 Å². The van der Waals surface area contributed by atoms with E-state index in [1.54, 1.807) is 0 Å². The number of carbonyl (C=O) groups excluding carboxylic acids is 1. The van der Waals surface area contributed by atoms with Crippen molar-refractivity contribution in [3.8, 4) is 22.6 Å². The Kier molecular flexibility index (Phi) is 8.88. The highest BCUT2D eigenvalue weighted by Crippen LogP contribution is 2.45. The van der Waals surface area contributed by atoms with Gasteiger partial charge in [-0.1, -0.05) is 24.3 Å². The van der Waals surface area contributed by atoms with E-state index in [0.717, 1.165) is 108 Å². The molecule has 0 saturated carbocycles. The highest BCUT2D eigenvalue weighted by molar-refractivity contribution is 6.24. The van der Waals surface area contributed by atoms with E-state index in [0.29, 0.717) is 30.1 Å². The van der Waals surface area contributed by atoms with Crippen LogP contribution < -0.4 is 9.47 Å². The normalized spacial score (nSPS) is 18.2. The van der Waals surface area contributed by atoms with E-state index in [1.165, 1.54) is 0 Å². The fraction of sp³-hybridized carbons (Fsp3) is 0.552. The number of ketones is 1. The van der Waals surface area contributed by atoms with Crippen LogP contribution in [0.1, 0.15) is 41.6 Å². The average molecular weight is 495 g/mol. The Morgan fingerprint density at radius 3 is 1.69 bits per heavy atom. The van der Waals surface area contributed by atoms with Crippen molar-refractivity contribution in [2.24, 2.45) is 0 Å². The van der Waals surface area contributed by atoms with Crippen LogP contribution in [0.4, 0.5) is 0 Å². The van der Waals surface area contributed by atoms with E-state index >= 15 is 0 Å². The molecule has 5 rings (SSSR count). The fourth-order valence-electron chi connectivity index (χ4n) is 5.24. The minimum absolute atomic E-state index is 0.0293. The molecule has 2 aliphatic heterocycles. The van der Waals surface area contributed by atoms with E-state index in [9.17, 15) is 4.79 Å². The quantitative estimate of drug-likeness (QED) is 0.354. The Labute approximate surface area is 214 Å². The van der Waals surface area contributed by atoms with Crippen molar-refractivity contribution in [2.75, 3.05) is 78.9 Å². The van der Waals surface area contributed by atoms with Crippen molar-refractivity contribution >= 4 is 5.78 Å². The standard InChI is InChI=1S/C29H38N2O5/c32-29-24-8-6-9-25(35-17-3-1-11-30-13-19-33-20-14-30)27(24)23-7-5-10-26(28(23)29)36-18-4-2-12-31-15-21-34-22-16-31/h5-10H,1-4,11-22H2. The van der Waals surface area contributed by atoms with Crippen molar-refractivity contribution < 1.29 is 23.7 Å². The first-order valence-corrected chi connectivity index (χ1v) is 13.5. The average Bonchev–Trinajstić information content (AvgIpc) is 3.23. The molecule has 0 radical (unpaired) electrons. The lowest BCUT2D eigenvalue weighted by molar-refractivity contribution is 0.0367. The monoisotopic (exact) mass is 494 g/mol. The molecule has 2 saturated heterocycles. The molecule has 2 heterocycles. The third-order valence-corrected chi connectivity index (χ3v) is 7.25.